The van der Waals surface area contributed by atoms with Crippen LogP contribution in [0.5, 0.6) is 17.2 Å². The second kappa shape index (κ2) is 13.6. The molecule has 1 heterocycles. The van der Waals surface area contributed by atoms with Gasteiger partial charge in [-0.3, -0.25) is 4.79 Å². The molecule has 8 nitrogen and oxygen atoms in total. The molecule has 0 radical (unpaired) electrons. The van der Waals surface area contributed by atoms with E-state index in [4.69, 9.17) is 23.7 Å². The lowest BCUT2D eigenvalue weighted by Crippen LogP contribution is -2.36. The summed E-state index contributed by atoms with van der Waals surface area (Å²) in [6.07, 6.45) is 0.869. The molecule has 1 N–H and O–H groups in total. The molecule has 0 bridgehead atoms. The minimum atomic E-state index is -0.655. The maximum atomic E-state index is 14.1. The zero-order valence-electron chi connectivity index (χ0n) is 25.0. The van der Waals surface area contributed by atoms with Crippen LogP contribution in [0.4, 0.5) is 0 Å². The molecule has 2 aliphatic rings. The van der Waals surface area contributed by atoms with Gasteiger partial charge in [0.15, 0.2) is 17.3 Å². The average Bonchev–Trinajstić information content (AvgIpc) is 3.03. The Kier molecular flexibility index (Phi) is 9.47. The number of benzene rings is 3. The highest BCUT2D eigenvalue weighted by Gasteiger charge is 2.42. The van der Waals surface area contributed by atoms with Crippen LogP contribution in [0.2, 0.25) is 0 Å². The Morgan fingerprint density at radius 1 is 0.860 bits per heavy atom. The van der Waals surface area contributed by atoms with Crippen molar-refractivity contribution in [2.24, 2.45) is 0 Å². The maximum Gasteiger partial charge on any atom is 0.336 e. The lowest BCUT2D eigenvalue weighted by atomic mass is 9.71. The standard InChI is InChI=1S/C35H37NO7/c1-22-32(35(38)42-17-16-39-2)33(26-12-8-9-13-29(26)43-21-23-10-6-5-7-11-23)34-27(36-22)18-25(19-28(34)37)24-14-15-30(40-3)31(20-24)41-4/h5-15,20,25,33,36H,16-19,21H2,1-4H3/t25-,33+/m0/s1. The van der Waals surface area contributed by atoms with Gasteiger partial charge in [0.25, 0.3) is 0 Å². The molecule has 0 fully saturated rings. The summed E-state index contributed by atoms with van der Waals surface area (Å²) in [6, 6.07) is 23.2. The summed E-state index contributed by atoms with van der Waals surface area (Å²) in [5, 5.41) is 3.41. The highest BCUT2D eigenvalue weighted by Crippen LogP contribution is 2.48. The van der Waals surface area contributed by atoms with Gasteiger partial charge in [0.05, 0.1) is 32.3 Å². The Balaban J connectivity index is 1.55. The van der Waals surface area contributed by atoms with E-state index in [0.717, 1.165) is 22.4 Å². The van der Waals surface area contributed by atoms with Crippen LogP contribution in [-0.4, -0.2) is 46.3 Å². The fourth-order valence-corrected chi connectivity index (χ4v) is 5.84. The largest absolute Gasteiger partial charge is 0.493 e. The van der Waals surface area contributed by atoms with Crippen molar-refractivity contribution in [1.82, 2.24) is 5.32 Å². The summed E-state index contributed by atoms with van der Waals surface area (Å²) in [4.78, 5) is 27.7. The number of carbonyl (C=O) groups excluding carboxylic acids is 2. The van der Waals surface area contributed by atoms with E-state index >= 15 is 0 Å². The van der Waals surface area contributed by atoms with Gasteiger partial charge in [-0.15, -0.1) is 0 Å². The van der Waals surface area contributed by atoms with Crippen LogP contribution < -0.4 is 19.5 Å². The van der Waals surface area contributed by atoms with Crippen molar-refractivity contribution >= 4 is 11.8 Å². The van der Waals surface area contributed by atoms with E-state index in [-0.39, 0.29) is 31.3 Å². The third-order valence-electron chi connectivity index (χ3n) is 7.91. The van der Waals surface area contributed by atoms with Crippen LogP contribution in [0, 0.1) is 0 Å². The average molecular weight is 584 g/mol. The fourth-order valence-electron chi connectivity index (χ4n) is 5.84. The first-order valence-corrected chi connectivity index (χ1v) is 14.3. The van der Waals surface area contributed by atoms with Gasteiger partial charge in [-0.05, 0) is 48.6 Å². The summed E-state index contributed by atoms with van der Waals surface area (Å²) in [5.41, 5.74) is 5.13. The number of methoxy groups -OCH3 is 3. The molecule has 5 rings (SSSR count). The highest BCUT2D eigenvalue weighted by molar-refractivity contribution is 6.04. The molecular weight excluding hydrogens is 546 g/mol. The highest BCUT2D eigenvalue weighted by atomic mass is 16.6. The Morgan fingerprint density at radius 3 is 2.35 bits per heavy atom. The van der Waals surface area contributed by atoms with Gasteiger partial charge < -0.3 is 29.0 Å². The molecule has 2 atom stereocenters. The molecule has 0 amide bonds. The zero-order chi connectivity index (χ0) is 30.3. The predicted octanol–water partition coefficient (Wildman–Crippen LogP) is 5.83. The summed E-state index contributed by atoms with van der Waals surface area (Å²) >= 11 is 0. The number of hydrogen-bond acceptors (Lipinski definition) is 8. The molecule has 0 saturated heterocycles. The van der Waals surface area contributed by atoms with Crippen LogP contribution >= 0.6 is 0 Å². The van der Waals surface area contributed by atoms with Gasteiger partial charge in [0.2, 0.25) is 0 Å². The second-order valence-electron chi connectivity index (χ2n) is 10.6. The minimum absolute atomic E-state index is 0.0360. The number of dihydropyridines is 1. The van der Waals surface area contributed by atoms with Gasteiger partial charge in [0, 0.05) is 36.1 Å². The van der Waals surface area contributed by atoms with Crippen LogP contribution in [0.15, 0.2) is 95.3 Å². The number of esters is 1. The zero-order valence-corrected chi connectivity index (χ0v) is 25.0. The first kappa shape index (κ1) is 29.9. The molecule has 1 aliphatic carbocycles. The number of Topliss-reactive ketones (excluding diaryl/α,β-unsaturated/α-hetero) is 1. The molecule has 0 saturated carbocycles. The lowest BCUT2D eigenvalue weighted by Gasteiger charge is -2.37. The summed E-state index contributed by atoms with van der Waals surface area (Å²) in [7, 11) is 4.75. The van der Waals surface area contributed by atoms with Gasteiger partial charge in [0.1, 0.15) is 19.0 Å². The van der Waals surface area contributed by atoms with E-state index in [9.17, 15) is 9.59 Å². The number of ketones is 1. The Bertz CT molecular complexity index is 1540. The van der Waals surface area contributed by atoms with Crippen molar-refractivity contribution < 1.29 is 33.3 Å². The first-order valence-electron chi connectivity index (χ1n) is 14.3. The van der Waals surface area contributed by atoms with Crippen LogP contribution in [0.3, 0.4) is 0 Å². The second-order valence-corrected chi connectivity index (χ2v) is 10.6. The number of nitrogens with one attached hydrogen (secondary N) is 1. The SMILES string of the molecule is COCCOC(=O)C1=C(C)NC2=C(C(=O)C[C@@H](c3ccc(OC)c(OC)c3)C2)[C@@H]1c1ccccc1OCc1ccccc1. The van der Waals surface area contributed by atoms with E-state index in [1.54, 1.807) is 21.3 Å². The fraction of sp³-hybridized carbons (Fsp3) is 0.314. The van der Waals surface area contributed by atoms with Crippen molar-refractivity contribution in [3.05, 3.63) is 112 Å². The molecule has 0 spiro atoms. The van der Waals surface area contributed by atoms with E-state index < -0.39 is 11.9 Å². The van der Waals surface area contributed by atoms with Crippen LogP contribution in [0.25, 0.3) is 0 Å². The number of rotatable bonds is 11. The number of ether oxygens (including phenoxy) is 5. The molecule has 3 aromatic carbocycles. The number of hydrogen-bond donors (Lipinski definition) is 1. The number of allylic oxidation sites excluding steroid dienone is 3. The number of carbonyl (C=O) groups is 2. The maximum absolute atomic E-state index is 14.1. The molecule has 3 aromatic rings. The summed E-state index contributed by atoms with van der Waals surface area (Å²) in [5.74, 6) is 0.589. The summed E-state index contributed by atoms with van der Waals surface area (Å²) < 4.78 is 27.9. The van der Waals surface area contributed by atoms with Crippen LogP contribution in [0.1, 0.15) is 48.3 Å². The Morgan fingerprint density at radius 2 is 1.60 bits per heavy atom. The molecule has 0 aromatic heterocycles. The van der Waals surface area contributed by atoms with Crippen molar-refractivity contribution in [2.45, 2.75) is 38.2 Å². The topological polar surface area (TPSA) is 92.3 Å². The molecular formula is C35H37NO7. The Labute approximate surface area is 252 Å². The van der Waals surface area contributed by atoms with E-state index in [1.807, 2.05) is 79.7 Å². The first-order chi connectivity index (χ1) is 20.9. The molecule has 0 unspecified atom stereocenters. The predicted molar refractivity (Wildman–Crippen MR) is 162 cm³/mol. The van der Waals surface area contributed by atoms with E-state index in [1.165, 1.54) is 0 Å². The molecule has 43 heavy (non-hydrogen) atoms. The van der Waals surface area contributed by atoms with Gasteiger partial charge in [-0.25, -0.2) is 4.79 Å². The Hall–Kier alpha value is -4.56. The van der Waals surface area contributed by atoms with Crippen LogP contribution in [-0.2, 0) is 25.7 Å². The van der Waals surface area contributed by atoms with Gasteiger partial charge >= 0.3 is 5.97 Å². The van der Waals surface area contributed by atoms with E-state index in [0.29, 0.717) is 47.1 Å². The third kappa shape index (κ3) is 6.44. The van der Waals surface area contributed by atoms with Gasteiger partial charge in [-0.2, -0.15) is 0 Å². The minimum Gasteiger partial charge on any atom is -0.493 e. The van der Waals surface area contributed by atoms with Crippen molar-refractivity contribution in [2.75, 3.05) is 34.5 Å². The lowest BCUT2D eigenvalue weighted by molar-refractivity contribution is -0.140. The van der Waals surface area contributed by atoms with Gasteiger partial charge in [-0.1, -0.05) is 54.6 Å². The third-order valence-corrected chi connectivity index (χ3v) is 7.91. The van der Waals surface area contributed by atoms with E-state index in [2.05, 4.69) is 5.32 Å². The molecule has 1 aliphatic heterocycles. The molecule has 8 heteroatoms. The van der Waals surface area contributed by atoms with Crippen molar-refractivity contribution in [1.29, 1.82) is 0 Å². The summed E-state index contributed by atoms with van der Waals surface area (Å²) in [6.45, 7) is 2.57. The van der Waals surface area contributed by atoms with Crippen molar-refractivity contribution in [3.8, 4) is 17.2 Å². The quantitative estimate of drug-likeness (QED) is 0.223. The monoisotopic (exact) mass is 583 g/mol. The number of para-hydroxylation sites is 1. The normalized spacial score (nSPS) is 18.1. The smallest absolute Gasteiger partial charge is 0.336 e. The van der Waals surface area contributed by atoms with Crippen molar-refractivity contribution in [3.63, 3.8) is 0 Å². The molecule has 224 valence electrons.